The Morgan fingerprint density at radius 1 is 1.13 bits per heavy atom. The van der Waals surface area contributed by atoms with Gasteiger partial charge in [0.1, 0.15) is 5.82 Å². The molecule has 0 aliphatic heterocycles. The number of nitrogens with zero attached hydrogens (tertiary/aromatic N) is 1. The third kappa shape index (κ3) is 1.35. The maximum atomic E-state index is 12.8. The number of halogens is 1. The fourth-order valence-corrected chi connectivity index (χ4v) is 2.17. The quantitative estimate of drug-likeness (QED) is 0.756. The Bertz CT molecular complexity index is 485. The van der Waals surface area contributed by atoms with Crippen molar-refractivity contribution in [2.24, 2.45) is 0 Å². The van der Waals surface area contributed by atoms with Gasteiger partial charge in [0.25, 0.3) is 0 Å². The van der Waals surface area contributed by atoms with Crippen LogP contribution in [0.5, 0.6) is 0 Å². The lowest BCUT2D eigenvalue weighted by molar-refractivity contribution is 0.628. The van der Waals surface area contributed by atoms with Crippen molar-refractivity contribution in [3.8, 4) is 11.3 Å². The van der Waals surface area contributed by atoms with Crippen LogP contribution >= 0.6 is 0 Å². The van der Waals surface area contributed by atoms with E-state index >= 15 is 0 Å². The highest BCUT2D eigenvalue weighted by Gasteiger charge is 2.18. The van der Waals surface area contributed by atoms with E-state index < -0.39 is 0 Å². The number of hydrogen-bond acceptors (Lipinski definition) is 1. The van der Waals surface area contributed by atoms with Gasteiger partial charge in [-0.2, -0.15) is 5.10 Å². The van der Waals surface area contributed by atoms with Crippen molar-refractivity contribution >= 4 is 0 Å². The lowest BCUT2D eigenvalue weighted by atomic mass is 10.1. The molecule has 0 radical (unpaired) electrons. The molecule has 76 valence electrons. The highest BCUT2D eigenvalue weighted by Crippen LogP contribution is 2.29. The van der Waals surface area contributed by atoms with E-state index in [1.165, 1.54) is 29.8 Å². The molecule has 1 aliphatic carbocycles. The Morgan fingerprint density at radius 3 is 2.73 bits per heavy atom. The maximum Gasteiger partial charge on any atom is 0.123 e. The van der Waals surface area contributed by atoms with Crippen LogP contribution in [-0.2, 0) is 12.8 Å². The Labute approximate surface area is 87.1 Å². The standard InChI is InChI=1S/C12H11FN2/c13-9-6-4-8(5-7-9)12-10-2-1-3-11(10)14-15-12/h4-7H,1-3H2,(H,14,15). The summed E-state index contributed by atoms with van der Waals surface area (Å²) in [7, 11) is 0. The molecule has 1 aromatic carbocycles. The Morgan fingerprint density at radius 2 is 1.93 bits per heavy atom. The normalized spacial score (nSPS) is 14.2. The van der Waals surface area contributed by atoms with E-state index in [0.29, 0.717) is 0 Å². The second-order valence-electron chi connectivity index (χ2n) is 3.89. The summed E-state index contributed by atoms with van der Waals surface area (Å²) in [5, 5.41) is 7.35. The average molecular weight is 202 g/mol. The van der Waals surface area contributed by atoms with Crippen LogP contribution in [0, 0.1) is 5.82 Å². The highest BCUT2D eigenvalue weighted by molar-refractivity contribution is 5.64. The third-order valence-corrected chi connectivity index (χ3v) is 2.92. The van der Waals surface area contributed by atoms with Gasteiger partial charge < -0.3 is 0 Å². The van der Waals surface area contributed by atoms with Crippen molar-refractivity contribution in [3.63, 3.8) is 0 Å². The SMILES string of the molecule is Fc1ccc(-c2n[nH]c3c2CCC3)cc1. The van der Waals surface area contributed by atoms with E-state index in [2.05, 4.69) is 10.2 Å². The zero-order valence-corrected chi connectivity index (χ0v) is 8.26. The van der Waals surface area contributed by atoms with Gasteiger partial charge in [0.15, 0.2) is 0 Å². The van der Waals surface area contributed by atoms with E-state index in [1.807, 2.05) is 0 Å². The third-order valence-electron chi connectivity index (χ3n) is 2.92. The number of aryl methyl sites for hydroxylation is 1. The first-order valence-electron chi connectivity index (χ1n) is 5.16. The molecule has 1 heterocycles. The van der Waals surface area contributed by atoms with E-state index in [4.69, 9.17) is 0 Å². The monoisotopic (exact) mass is 202 g/mol. The van der Waals surface area contributed by atoms with Gasteiger partial charge >= 0.3 is 0 Å². The van der Waals surface area contributed by atoms with Crippen molar-refractivity contribution in [2.45, 2.75) is 19.3 Å². The summed E-state index contributed by atoms with van der Waals surface area (Å²) >= 11 is 0. The number of fused-ring (bicyclic) bond motifs is 1. The summed E-state index contributed by atoms with van der Waals surface area (Å²) in [5.41, 5.74) is 4.54. The lowest BCUT2D eigenvalue weighted by Gasteiger charge is -1.98. The molecule has 0 saturated carbocycles. The number of aromatic amines is 1. The molecule has 0 fully saturated rings. The molecule has 2 nitrogen and oxygen atoms in total. The minimum absolute atomic E-state index is 0.203. The molecule has 0 saturated heterocycles. The van der Waals surface area contributed by atoms with Crippen molar-refractivity contribution in [3.05, 3.63) is 41.3 Å². The largest absolute Gasteiger partial charge is 0.282 e. The predicted octanol–water partition coefficient (Wildman–Crippen LogP) is 2.70. The second kappa shape index (κ2) is 3.19. The van der Waals surface area contributed by atoms with Crippen LogP contribution in [0.25, 0.3) is 11.3 Å². The Hall–Kier alpha value is -1.64. The Balaban J connectivity index is 2.09. The number of H-pyrrole nitrogens is 1. The van der Waals surface area contributed by atoms with Crippen molar-refractivity contribution in [1.29, 1.82) is 0 Å². The van der Waals surface area contributed by atoms with Gasteiger partial charge in [-0.3, -0.25) is 5.10 Å². The molecule has 1 aromatic heterocycles. The molecule has 15 heavy (non-hydrogen) atoms. The smallest absolute Gasteiger partial charge is 0.123 e. The average Bonchev–Trinajstić information content (AvgIpc) is 2.80. The first-order valence-corrected chi connectivity index (χ1v) is 5.16. The summed E-state index contributed by atoms with van der Waals surface area (Å²) < 4.78 is 12.8. The molecule has 0 unspecified atom stereocenters. The summed E-state index contributed by atoms with van der Waals surface area (Å²) in [6, 6.07) is 6.52. The minimum Gasteiger partial charge on any atom is -0.282 e. The summed E-state index contributed by atoms with van der Waals surface area (Å²) in [4.78, 5) is 0. The van der Waals surface area contributed by atoms with Gasteiger partial charge in [0.05, 0.1) is 5.69 Å². The van der Waals surface area contributed by atoms with Crippen LogP contribution in [-0.4, -0.2) is 10.2 Å². The molecular weight excluding hydrogens is 191 g/mol. The van der Waals surface area contributed by atoms with Crippen LogP contribution in [0.4, 0.5) is 4.39 Å². The van der Waals surface area contributed by atoms with Gasteiger partial charge in [-0.05, 0) is 43.5 Å². The molecule has 3 rings (SSSR count). The van der Waals surface area contributed by atoms with Crippen LogP contribution in [0.1, 0.15) is 17.7 Å². The number of hydrogen-bond donors (Lipinski definition) is 1. The van der Waals surface area contributed by atoms with Gasteiger partial charge in [0, 0.05) is 16.8 Å². The molecule has 0 bridgehead atoms. The van der Waals surface area contributed by atoms with Gasteiger partial charge in [-0.1, -0.05) is 0 Å². The number of aromatic nitrogens is 2. The summed E-state index contributed by atoms with van der Waals surface area (Å²) in [5.74, 6) is -0.203. The zero-order chi connectivity index (χ0) is 10.3. The number of benzene rings is 1. The van der Waals surface area contributed by atoms with Crippen molar-refractivity contribution in [1.82, 2.24) is 10.2 Å². The van der Waals surface area contributed by atoms with Crippen molar-refractivity contribution in [2.75, 3.05) is 0 Å². The second-order valence-corrected chi connectivity index (χ2v) is 3.89. The van der Waals surface area contributed by atoms with Crippen LogP contribution in [0.15, 0.2) is 24.3 Å². The predicted molar refractivity (Wildman–Crippen MR) is 56.0 cm³/mol. The molecule has 0 spiro atoms. The highest BCUT2D eigenvalue weighted by atomic mass is 19.1. The minimum atomic E-state index is -0.203. The van der Waals surface area contributed by atoms with Gasteiger partial charge in [-0.15, -0.1) is 0 Å². The van der Waals surface area contributed by atoms with Gasteiger partial charge in [0.2, 0.25) is 0 Å². The van der Waals surface area contributed by atoms with Crippen LogP contribution in [0.3, 0.4) is 0 Å². The zero-order valence-electron chi connectivity index (χ0n) is 8.26. The van der Waals surface area contributed by atoms with Crippen molar-refractivity contribution < 1.29 is 4.39 Å². The molecule has 2 aromatic rings. The Kier molecular flexibility index (Phi) is 1.84. The van der Waals surface area contributed by atoms with Crippen LogP contribution in [0.2, 0.25) is 0 Å². The first kappa shape index (κ1) is 8.65. The molecule has 3 heteroatoms. The molecule has 1 N–H and O–H groups in total. The van der Waals surface area contributed by atoms with E-state index in [-0.39, 0.29) is 5.82 Å². The summed E-state index contributed by atoms with van der Waals surface area (Å²) in [6.07, 6.45) is 3.36. The van der Waals surface area contributed by atoms with E-state index in [9.17, 15) is 4.39 Å². The van der Waals surface area contributed by atoms with Crippen LogP contribution < -0.4 is 0 Å². The fraction of sp³-hybridized carbons (Fsp3) is 0.250. The summed E-state index contributed by atoms with van der Waals surface area (Å²) in [6.45, 7) is 0. The lowest BCUT2D eigenvalue weighted by Crippen LogP contribution is -1.84. The first-order chi connectivity index (χ1) is 7.34. The van der Waals surface area contributed by atoms with Gasteiger partial charge in [-0.25, -0.2) is 4.39 Å². The topological polar surface area (TPSA) is 28.7 Å². The fourth-order valence-electron chi connectivity index (χ4n) is 2.17. The number of nitrogens with one attached hydrogen (secondary N) is 1. The van der Waals surface area contributed by atoms with E-state index in [1.54, 1.807) is 12.1 Å². The van der Waals surface area contributed by atoms with E-state index in [0.717, 1.165) is 24.1 Å². The maximum absolute atomic E-state index is 12.8. The molecule has 0 atom stereocenters. The molecule has 1 aliphatic rings. The molecule has 0 amide bonds. The molecular formula is C12H11FN2. The number of rotatable bonds is 1.